The number of nitrogens with zero attached hydrogens (tertiary/aromatic N) is 3. The van der Waals surface area contributed by atoms with Crippen LogP contribution in [0.3, 0.4) is 0 Å². The van der Waals surface area contributed by atoms with Crippen molar-refractivity contribution in [2.75, 3.05) is 5.32 Å². The molecule has 10 heteroatoms. The molecule has 168 valence electrons. The Balaban J connectivity index is 1.63. The summed E-state index contributed by atoms with van der Waals surface area (Å²) in [5, 5.41) is 15.9. The van der Waals surface area contributed by atoms with E-state index in [4.69, 9.17) is 11.6 Å². The summed E-state index contributed by atoms with van der Waals surface area (Å²) < 4.78 is 1.55. The summed E-state index contributed by atoms with van der Waals surface area (Å²) in [7, 11) is 0. The highest BCUT2D eigenvalue weighted by molar-refractivity contribution is 8.00. The lowest BCUT2D eigenvalue weighted by atomic mass is 10.1. The fourth-order valence-corrected chi connectivity index (χ4v) is 4.62. The van der Waals surface area contributed by atoms with Crippen LogP contribution in [0, 0.1) is 10.1 Å². The molecule has 0 aliphatic rings. The van der Waals surface area contributed by atoms with Crippen molar-refractivity contribution < 1.29 is 9.72 Å². The zero-order chi connectivity index (χ0) is 23.7. The maximum atomic E-state index is 13.1. The van der Waals surface area contributed by atoms with Crippen LogP contribution in [0.15, 0.2) is 64.5 Å². The molecule has 1 unspecified atom stereocenters. The van der Waals surface area contributed by atoms with Gasteiger partial charge >= 0.3 is 0 Å². The van der Waals surface area contributed by atoms with E-state index in [-0.39, 0.29) is 27.9 Å². The number of carbonyl (C=O) groups excluding carboxylic acids is 1. The number of nitrogens with one attached hydrogen (secondary N) is 1. The van der Waals surface area contributed by atoms with Crippen LogP contribution in [-0.2, 0) is 11.3 Å². The van der Waals surface area contributed by atoms with E-state index in [1.54, 1.807) is 11.5 Å². The second kappa shape index (κ2) is 9.21. The molecule has 4 aromatic rings. The van der Waals surface area contributed by atoms with E-state index >= 15 is 0 Å². The number of nitro groups is 1. The van der Waals surface area contributed by atoms with Crippen molar-refractivity contribution in [2.45, 2.75) is 30.8 Å². The number of benzene rings is 3. The van der Waals surface area contributed by atoms with Gasteiger partial charge in [0.25, 0.3) is 11.2 Å². The van der Waals surface area contributed by atoms with Gasteiger partial charge < -0.3 is 5.32 Å². The zero-order valence-electron chi connectivity index (χ0n) is 17.7. The number of thioether (sulfide) groups is 1. The van der Waals surface area contributed by atoms with Crippen LogP contribution < -0.4 is 10.9 Å². The molecule has 0 bridgehead atoms. The van der Waals surface area contributed by atoms with Gasteiger partial charge in [-0.3, -0.25) is 24.3 Å². The lowest BCUT2D eigenvalue weighted by Gasteiger charge is -2.16. The van der Waals surface area contributed by atoms with Gasteiger partial charge in [0, 0.05) is 18.7 Å². The molecule has 1 amide bonds. The Bertz CT molecular complexity index is 1470. The lowest BCUT2D eigenvalue weighted by Crippen LogP contribution is -2.26. The smallest absolute Gasteiger partial charge is 0.271 e. The van der Waals surface area contributed by atoms with Crippen LogP contribution in [0.4, 0.5) is 11.4 Å². The summed E-state index contributed by atoms with van der Waals surface area (Å²) in [4.78, 5) is 40.9. The van der Waals surface area contributed by atoms with Crippen LogP contribution >= 0.6 is 23.4 Å². The van der Waals surface area contributed by atoms with Gasteiger partial charge in [-0.25, -0.2) is 4.98 Å². The van der Waals surface area contributed by atoms with Gasteiger partial charge in [-0.05, 0) is 42.8 Å². The highest BCUT2D eigenvalue weighted by Gasteiger charge is 2.21. The van der Waals surface area contributed by atoms with E-state index in [2.05, 4.69) is 10.3 Å². The van der Waals surface area contributed by atoms with Gasteiger partial charge in [0.2, 0.25) is 5.91 Å². The predicted octanol–water partition coefficient (Wildman–Crippen LogP) is 5.25. The molecular weight excluding hydrogens is 464 g/mol. The fourth-order valence-electron chi connectivity index (χ4n) is 3.42. The van der Waals surface area contributed by atoms with E-state index in [9.17, 15) is 19.7 Å². The second-order valence-electron chi connectivity index (χ2n) is 7.33. The Morgan fingerprint density at radius 3 is 2.55 bits per heavy atom. The molecule has 0 spiro atoms. The molecule has 1 atom stereocenters. The Hall–Kier alpha value is -3.43. The molecule has 0 saturated heterocycles. The standard InChI is InChI=1S/C23H19ClN4O4S/c1-3-27-22(30)17-10-14-6-4-5-7-15(14)11-20(17)26-23(27)33-13(2)21(29)25-19-9-8-16(28(31)32)12-18(19)24/h4-13H,3H2,1-2H3,(H,25,29). The second-order valence-corrected chi connectivity index (χ2v) is 9.05. The summed E-state index contributed by atoms with van der Waals surface area (Å²) in [6.07, 6.45) is 0. The number of aromatic nitrogens is 2. The third-order valence-corrected chi connectivity index (χ3v) is 6.58. The number of nitro benzene ring substituents is 1. The Morgan fingerprint density at radius 2 is 1.91 bits per heavy atom. The molecule has 0 radical (unpaired) electrons. The van der Waals surface area contributed by atoms with Crippen molar-refractivity contribution in [1.29, 1.82) is 0 Å². The van der Waals surface area contributed by atoms with Gasteiger partial charge in [0.05, 0.1) is 31.8 Å². The highest BCUT2D eigenvalue weighted by Crippen LogP contribution is 2.29. The molecule has 0 aliphatic heterocycles. The number of hydrogen-bond acceptors (Lipinski definition) is 6. The average Bonchev–Trinajstić information content (AvgIpc) is 2.79. The SMILES string of the molecule is CCn1c(SC(C)C(=O)Nc2ccc([N+](=O)[O-])cc2Cl)nc2cc3ccccc3cc2c1=O. The topological polar surface area (TPSA) is 107 Å². The van der Waals surface area contributed by atoms with Gasteiger partial charge in [0.1, 0.15) is 0 Å². The van der Waals surface area contributed by atoms with Crippen LogP contribution in [0.25, 0.3) is 21.7 Å². The van der Waals surface area contributed by atoms with Crippen LogP contribution in [-0.4, -0.2) is 25.6 Å². The first-order valence-electron chi connectivity index (χ1n) is 10.1. The molecule has 0 fully saturated rings. The predicted molar refractivity (Wildman–Crippen MR) is 131 cm³/mol. The summed E-state index contributed by atoms with van der Waals surface area (Å²) in [6.45, 7) is 3.94. The van der Waals surface area contributed by atoms with Gasteiger partial charge in [-0.2, -0.15) is 0 Å². The van der Waals surface area contributed by atoms with E-state index < -0.39 is 10.2 Å². The molecule has 4 rings (SSSR count). The van der Waals surface area contributed by atoms with Gasteiger partial charge in [-0.15, -0.1) is 0 Å². The molecule has 1 aromatic heterocycles. The Kier molecular flexibility index (Phi) is 6.35. The Labute approximate surface area is 197 Å². The lowest BCUT2D eigenvalue weighted by molar-refractivity contribution is -0.384. The minimum absolute atomic E-state index is 0.0657. The fraction of sp³-hybridized carbons (Fsp3) is 0.174. The third kappa shape index (κ3) is 4.55. The molecule has 8 nitrogen and oxygen atoms in total. The first-order valence-corrected chi connectivity index (χ1v) is 11.4. The zero-order valence-corrected chi connectivity index (χ0v) is 19.3. The number of amides is 1. The molecule has 33 heavy (non-hydrogen) atoms. The number of fused-ring (bicyclic) bond motifs is 2. The molecule has 1 N–H and O–H groups in total. The summed E-state index contributed by atoms with van der Waals surface area (Å²) >= 11 is 7.24. The number of anilines is 1. The molecular formula is C23H19ClN4O4S. The first-order chi connectivity index (χ1) is 15.8. The third-order valence-electron chi connectivity index (χ3n) is 5.18. The largest absolute Gasteiger partial charge is 0.324 e. The summed E-state index contributed by atoms with van der Waals surface area (Å²) in [6, 6.07) is 15.3. The van der Waals surface area contributed by atoms with Crippen molar-refractivity contribution in [3.63, 3.8) is 0 Å². The van der Waals surface area contributed by atoms with Gasteiger partial charge in [-0.1, -0.05) is 47.6 Å². The highest BCUT2D eigenvalue weighted by atomic mass is 35.5. The van der Waals surface area contributed by atoms with Crippen molar-refractivity contribution in [2.24, 2.45) is 0 Å². The first kappa shape index (κ1) is 22.8. The van der Waals surface area contributed by atoms with Crippen molar-refractivity contribution in [3.05, 3.63) is 80.1 Å². The van der Waals surface area contributed by atoms with E-state index in [0.29, 0.717) is 22.6 Å². The number of hydrogen-bond donors (Lipinski definition) is 1. The number of carbonyl (C=O) groups is 1. The maximum Gasteiger partial charge on any atom is 0.271 e. The number of halogens is 1. The quantitative estimate of drug-likeness (QED) is 0.132. The maximum absolute atomic E-state index is 13.1. The summed E-state index contributed by atoms with van der Waals surface area (Å²) in [5.74, 6) is -0.369. The van der Waals surface area contributed by atoms with Crippen LogP contribution in [0.5, 0.6) is 0 Å². The Morgan fingerprint density at radius 1 is 1.21 bits per heavy atom. The van der Waals surface area contributed by atoms with Crippen molar-refractivity contribution in [3.8, 4) is 0 Å². The normalized spacial score (nSPS) is 12.1. The van der Waals surface area contributed by atoms with Crippen molar-refractivity contribution in [1.82, 2.24) is 9.55 Å². The molecule has 1 heterocycles. The molecule has 0 aliphatic carbocycles. The average molecular weight is 483 g/mol. The number of non-ortho nitro benzene ring substituents is 1. The summed E-state index contributed by atoms with van der Waals surface area (Å²) in [5.41, 5.74) is 0.504. The monoisotopic (exact) mass is 482 g/mol. The van der Waals surface area contributed by atoms with E-state index in [1.165, 1.54) is 18.2 Å². The van der Waals surface area contributed by atoms with E-state index in [0.717, 1.165) is 22.5 Å². The molecule has 0 saturated carbocycles. The molecule has 3 aromatic carbocycles. The van der Waals surface area contributed by atoms with E-state index in [1.807, 2.05) is 43.3 Å². The van der Waals surface area contributed by atoms with Gasteiger partial charge in [0.15, 0.2) is 5.16 Å². The van der Waals surface area contributed by atoms with Crippen LogP contribution in [0.1, 0.15) is 13.8 Å². The van der Waals surface area contributed by atoms with Crippen molar-refractivity contribution >= 4 is 62.3 Å². The number of rotatable bonds is 6. The minimum atomic E-state index is -0.612. The van der Waals surface area contributed by atoms with Crippen LogP contribution in [0.2, 0.25) is 5.02 Å². The minimum Gasteiger partial charge on any atom is -0.324 e.